The summed E-state index contributed by atoms with van der Waals surface area (Å²) in [6.45, 7) is 5.77. The van der Waals surface area contributed by atoms with E-state index < -0.39 is 29.6 Å². The van der Waals surface area contributed by atoms with E-state index in [1.54, 1.807) is 28.9 Å². The number of nitrogens with zero attached hydrogens (tertiary/aromatic N) is 2. The topological polar surface area (TPSA) is 81.4 Å². The van der Waals surface area contributed by atoms with Gasteiger partial charge in [0.2, 0.25) is 0 Å². The molecule has 184 valence electrons. The summed E-state index contributed by atoms with van der Waals surface area (Å²) >= 11 is 0. The fourth-order valence-corrected chi connectivity index (χ4v) is 3.98. The van der Waals surface area contributed by atoms with Crippen molar-refractivity contribution in [2.24, 2.45) is 0 Å². The molecular weight excluding hydrogens is 447 g/mol. The van der Waals surface area contributed by atoms with E-state index in [2.05, 4.69) is 0 Å². The molecule has 7 heteroatoms. The van der Waals surface area contributed by atoms with Crippen LogP contribution in [0.1, 0.15) is 56.8 Å². The van der Waals surface area contributed by atoms with Crippen LogP contribution in [0.3, 0.4) is 0 Å². The maximum Gasteiger partial charge on any atom is 0.322 e. The van der Waals surface area contributed by atoms with Crippen molar-refractivity contribution < 1.29 is 23.8 Å². The fourth-order valence-electron chi connectivity index (χ4n) is 3.98. The molecule has 3 aromatic rings. The van der Waals surface area contributed by atoms with E-state index in [0.717, 1.165) is 5.56 Å². The number of carbonyl (C=O) groups is 2. The number of imidazole rings is 1. The van der Waals surface area contributed by atoms with Crippen LogP contribution < -0.4 is 0 Å². The molecule has 0 aliphatic heterocycles. The first-order chi connectivity index (χ1) is 16.8. The number of esters is 1. The lowest BCUT2D eigenvalue weighted by Crippen LogP contribution is -2.29. The molecule has 0 saturated heterocycles. The first-order valence-corrected chi connectivity index (χ1v) is 11.7. The highest BCUT2D eigenvalue weighted by Crippen LogP contribution is 2.36. The predicted molar refractivity (Wildman–Crippen MR) is 133 cm³/mol. The van der Waals surface area contributed by atoms with Gasteiger partial charge in [0.15, 0.2) is 11.7 Å². The summed E-state index contributed by atoms with van der Waals surface area (Å²) in [5.41, 5.74) is 2.23. The standard InChI is InChI=1S/C28H31FN2O4/c1-5-6-12-22(32)17-23(33)24(28(34)35-4)26-25(18(2)3)30-27(19-10-8-7-9-11-19)31(26)21-15-13-20(29)14-16-21/h6-16,18,22,24,32H,5,17H2,1-4H3/b12-6+. The zero-order valence-electron chi connectivity index (χ0n) is 20.4. The summed E-state index contributed by atoms with van der Waals surface area (Å²) in [7, 11) is 1.22. The molecule has 0 aliphatic carbocycles. The molecule has 35 heavy (non-hydrogen) atoms. The molecule has 1 heterocycles. The maximum absolute atomic E-state index is 13.8. The SMILES string of the molecule is CC/C=C/C(O)CC(=O)C(C(=O)OC)c1c(C(C)C)nc(-c2ccccc2)n1-c1ccc(F)cc1. The number of ketones is 1. The number of allylic oxidation sites excluding steroid dienone is 1. The van der Waals surface area contributed by atoms with Gasteiger partial charge in [0.25, 0.3) is 0 Å². The Balaban J connectivity index is 2.30. The lowest BCUT2D eigenvalue weighted by atomic mass is 9.91. The summed E-state index contributed by atoms with van der Waals surface area (Å²) in [6, 6.07) is 15.2. The zero-order chi connectivity index (χ0) is 25.5. The van der Waals surface area contributed by atoms with Crippen molar-refractivity contribution in [1.82, 2.24) is 9.55 Å². The van der Waals surface area contributed by atoms with Gasteiger partial charge in [-0.05, 0) is 36.6 Å². The van der Waals surface area contributed by atoms with Gasteiger partial charge in [-0.2, -0.15) is 0 Å². The van der Waals surface area contributed by atoms with Crippen molar-refractivity contribution in [2.45, 2.75) is 51.6 Å². The van der Waals surface area contributed by atoms with Gasteiger partial charge in [-0.1, -0.05) is 63.3 Å². The number of aromatic nitrogens is 2. The third kappa shape index (κ3) is 5.92. The van der Waals surface area contributed by atoms with Gasteiger partial charge < -0.3 is 9.84 Å². The number of Topliss-reactive ketones (excluding diaryl/α,β-unsaturated/α-hetero) is 1. The molecule has 0 radical (unpaired) electrons. The second kappa shape index (κ2) is 11.7. The van der Waals surface area contributed by atoms with E-state index in [1.165, 1.54) is 19.2 Å². The number of rotatable bonds is 10. The van der Waals surface area contributed by atoms with Gasteiger partial charge in [0.1, 0.15) is 11.6 Å². The van der Waals surface area contributed by atoms with Crippen LogP contribution in [0.15, 0.2) is 66.7 Å². The van der Waals surface area contributed by atoms with Crippen LogP contribution in [0.4, 0.5) is 4.39 Å². The Morgan fingerprint density at radius 3 is 2.34 bits per heavy atom. The van der Waals surface area contributed by atoms with E-state index in [9.17, 15) is 19.1 Å². The Kier molecular flexibility index (Phi) is 8.71. The van der Waals surface area contributed by atoms with Crippen LogP contribution in [0.2, 0.25) is 0 Å². The molecule has 0 aliphatic rings. The zero-order valence-corrected chi connectivity index (χ0v) is 20.4. The van der Waals surface area contributed by atoms with E-state index in [1.807, 2.05) is 51.1 Å². The van der Waals surface area contributed by atoms with Gasteiger partial charge in [-0.25, -0.2) is 9.37 Å². The molecule has 0 spiro atoms. The first-order valence-electron chi connectivity index (χ1n) is 11.7. The van der Waals surface area contributed by atoms with Crippen molar-refractivity contribution >= 4 is 11.8 Å². The molecule has 6 nitrogen and oxygen atoms in total. The quantitative estimate of drug-likeness (QED) is 0.242. The molecular formula is C28H31FN2O4. The smallest absolute Gasteiger partial charge is 0.322 e. The molecule has 2 aromatic carbocycles. The van der Waals surface area contributed by atoms with E-state index in [0.29, 0.717) is 29.3 Å². The van der Waals surface area contributed by atoms with Crippen molar-refractivity contribution in [3.05, 3.63) is 84.0 Å². The van der Waals surface area contributed by atoms with Gasteiger partial charge in [0.05, 0.1) is 24.6 Å². The Morgan fingerprint density at radius 1 is 1.11 bits per heavy atom. The van der Waals surface area contributed by atoms with Crippen LogP contribution in [0.25, 0.3) is 17.1 Å². The lowest BCUT2D eigenvalue weighted by Gasteiger charge is -2.21. The molecule has 0 bridgehead atoms. The number of benzene rings is 2. The highest BCUT2D eigenvalue weighted by molar-refractivity contribution is 6.05. The van der Waals surface area contributed by atoms with Crippen molar-refractivity contribution in [2.75, 3.05) is 7.11 Å². The monoisotopic (exact) mass is 478 g/mol. The Labute approximate surface area is 205 Å². The highest BCUT2D eigenvalue weighted by Gasteiger charge is 2.38. The molecule has 0 fully saturated rings. The minimum absolute atomic E-state index is 0.140. The number of hydrogen-bond acceptors (Lipinski definition) is 5. The normalized spacial score (nSPS) is 13.2. The average Bonchev–Trinajstić information content (AvgIpc) is 3.24. The molecule has 0 saturated carbocycles. The third-order valence-corrected chi connectivity index (χ3v) is 5.64. The Morgan fingerprint density at radius 2 is 1.77 bits per heavy atom. The number of aliphatic hydroxyl groups is 1. The molecule has 1 N–H and O–H groups in total. The summed E-state index contributed by atoms with van der Waals surface area (Å²) in [4.78, 5) is 31.4. The Hall–Kier alpha value is -3.58. The van der Waals surface area contributed by atoms with Crippen LogP contribution in [-0.4, -0.2) is 39.6 Å². The lowest BCUT2D eigenvalue weighted by molar-refractivity contribution is -0.146. The predicted octanol–water partition coefficient (Wildman–Crippen LogP) is 5.34. The van der Waals surface area contributed by atoms with Crippen LogP contribution in [0, 0.1) is 5.82 Å². The number of carbonyl (C=O) groups excluding carboxylic acids is 2. The van der Waals surface area contributed by atoms with E-state index in [4.69, 9.17) is 9.72 Å². The molecule has 3 rings (SSSR count). The molecule has 1 aromatic heterocycles. The third-order valence-electron chi connectivity index (χ3n) is 5.64. The first kappa shape index (κ1) is 26.0. The number of methoxy groups -OCH3 is 1. The van der Waals surface area contributed by atoms with E-state index >= 15 is 0 Å². The summed E-state index contributed by atoms with van der Waals surface area (Å²) in [5, 5.41) is 10.4. The van der Waals surface area contributed by atoms with Crippen LogP contribution >= 0.6 is 0 Å². The van der Waals surface area contributed by atoms with Crippen LogP contribution in [0.5, 0.6) is 0 Å². The number of halogens is 1. The van der Waals surface area contributed by atoms with Gasteiger partial charge in [0, 0.05) is 17.7 Å². The van der Waals surface area contributed by atoms with Crippen molar-refractivity contribution in [3.8, 4) is 17.1 Å². The largest absolute Gasteiger partial charge is 0.468 e. The average molecular weight is 479 g/mol. The van der Waals surface area contributed by atoms with Crippen LogP contribution in [-0.2, 0) is 14.3 Å². The molecule has 0 amide bonds. The molecule has 2 unspecified atom stereocenters. The summed E-state index contributed by atoms with van der Waals surface area (Å²) < 4.78 is 20.6. The van der Waals surface area contributed by atoms with Crippen molar-refractivity contribution in [3.63, 3.8) is 0 Å². The fraction of sp³-hybridized carbons (Fsp3) is 0.321. The van der Waals surface area contributed by atoms with E-state index in [-0.39, 0.29) is 12.3 Å². The minimum atomic E-state index is -1.32. The second-order valence-electron chi connectivity index (χ2n) is 8.57. The minimum Gasteiger partial charge on any atom is -0.468 e. The number of hydrogen-bond donors (Lipinski definition) is 1. The van der Waals surface area contributed by atoms with Gasteiger partial charge in [-0.3, -0.25) is 14.2 Å². The van der Waals surface area contributed by atoms with Crippen molar-refractivity contribution in [1.29, 1.82) is 0 Å². The maximum atomic E-state index is 13.8. The van der Waals surface area contributed by atoms with Gasteiger partial charge >= 0.3 is 5.97 Å². The summed E-state index contributed by atoms with van der Waals surface area (Å²) in [5.74, 6) is -2.59. The summed E-state index contributed by atoms with van der Waals surface area (Å²) in [6.07, 6.45) is 2.72. The second-order valence-corrected chi connectivity index (χ2v) is 8.57. The molecule has 2 atom stereocenters. The number of ether oxygens (including phenoxy) is 1. The number of aliphatic hydroxyl groups excluding tert-OH is 1. The Bertz CT molecular complexity index is 1180. The van der Waals surface area contributed by atoms with Gasteiger partial charge in [-0.15, -0.1) is 0 Å². The highest BCUT2D eigenvalue weighted by atomic mass is 19.1.